The van der Waals surface area contributed by atoms with Crippen LogP contribution < -0.4 is 10.1 Å². The van der Waals surface area contributed by atoms with Crippen LogP contribution in [0.4, 0.5) is 14.5 Å². The predicted octanol–water partition coefficient (Wildman–Crippen LogP) is 5.44. The average Bonchev–Trinajstić information content (AvgIpc) is 3.34. The summed E-state index contributed by atoms with van der Waals surface area (Å²) in [5.74, 6) is -1.53. The smallest absolute Gasteiger partial charge is 0.274 e. The van der Waals surface area contributed by atoms with Crippen molar-refractivity contribution in [1.82, 2.24) is 19.5 Å². The fourth-order valence-corrected chi connectivity index (χ4v) is 3.93. The number of aliphatic hydroxyl groups excluding tert-OH is 1. The van der Waals surface area contributed by atoms with Crippen molar-refractivity contribution in [3.8, 4) is 22.9 Å². The molecule has 0 spiro atoms. The monoisotopic (exact) mass is 515 g/mol. The van der Waals surface area contributed by atoms with Crippen LogP contribution in [0.1, 0.15) is 17.4 Å². The highest BCUT2D eigenvalue weighted by Gasteiger charge is 2.16. The zero-order valence-electron chi connectivity index (χ0n) is 20.3. The summed E-state index contributed by atoms with van der Waals surface area (Å²) in [5.41, 5.74) is 2.69. The second-order valence-electron chi connectivity index (χ2n) is 8.78. The van der Waals surface area contributed by atoms with Crippen molar-refractivity contribution in [3.63, 3.8) is 0 Å². The van der Waals surface area contributed by atoms with Crippen molar-refractivity contribution < 1.29 is 23.4 Å². The number of hydrogen-bond donors (Lipinski definition) is 2. The number of benzene rings is 2. The summed E-state index contributed by atoms with van der Waals surface area (Å²) in [6.45, 7) is 2.42. The molecule has 0 fully saturated rings. The van der Waals surface area contributed by atoms with Gasteiger partial charge in [0.1, 0.15) is 23.4 Å². The van der Waals surface area contributed by atoms with Gasteiger partial charge < -0.3 is 19.7 Å². The Hall–Kier alpha value is -4.70. The first-order valence-electron chi connectivity index (χ1n) is 11.8. The minimum Gasteiger partial charge on any atom is -0.434 e. The number of nitrogens with one attached hydrogen (secondary N) is 1. The van der Waals surface area contributed by atoms with Gasteiger partial charge in [0.25, 0.3) is 5.91 Å². The number of aliphatic hydroxyl groups is 1. The average molecular weight is 516 g/mol. The Labute approximate surface area is 216 Å². The molecule has 8 nitrogen and oxygen atoms in total. The van der Waals surface area contributed by atoms with Gasteiger partial charge >= 0.3 is 0 Å². The third-order valence-electron chi connectivity index (χ3n) is 5.85. The molecule has 0 radical (unpaired) electrons. The summed E-state index contributed by atoms with van der Waals surface area (Å²) in [4.78, 5) is 25.5. The highest BCUT2D eigenvalue weighted by Crippen LogP contribution is 2.31. The molecule has 38 heavy (non-hydrogen) atoms. The zero-order valence-corrected chi connectivity index (χ0v) is 20.3. The number of aromatic nitrogens is 4. The number of nitrogens with zero attached hydrogens (tertiary/aromatic N) is 4. The lowest BCUT2D eigenvalue weighted by atomic mass is 10.1. The molecule has 0 aliphatic carbocycles. The van der Waals surface area contributed by atoms with Crippen molar-refractivity contribution in [1.29, 1.82) is 0 Å². The molecule has 5 aromatic rings. The second kappa shape index (κ2) is 10.7. The number of pyridine rings is 1. The molecule has 1 atom stereocenters. The van der Waals surface area contributed by atoms with Crippen molar-refractivity contribution in [2.75, 3.05) is 11.9 Å². The predicted molar refractivity (Wildman–Crippen MR) is 138 cm³/mol. The van der Waals surface area contributed by atoms with E-state index in [1.54, 1.807) is 30.3 Å². The quantitative estimate of drug-likeness (QED) is 0.285. The van der Waals surface area contributed by atoms with Crippen LogP contribution in [-0.4, -0.2) is 37.1 Å². The molecule has 2 N–H and O–H groups in total. The first-order valence-corrected chi connectivity index (χ1v) is 11.8. The number of amides is 1. The molecule has 10 heteroatoms. The fraction of sp³-hybridized carbons (Fsp3) is 0.143. The minimum atomic E-state index is -0.704. The molecular formula is C28H23F2N5O3. The van der Waals surface area contributed by atoms with Crippen LogP contribution in [0.2, 0.25) is 0 Å². The van der Waals surface area contributed by atoms with E-state index in [1.807, 2.05) is 17.7 Å². The minimum absolute atomic E-state index is 0.0100. The van der Waals surface area contributed by atoms with E-state index in [-0.39, 0.29) is 41.4 Å². The van der Waals surface area contributed by atoms with E-state index < -0.39 is 11.7 Å². The summed E-state index contributed by atoms with van der Waals surface area (Å²) in [5, 5.41) is 12.0. The van der Waals surface area contributed by atoms with Crippen LogP contribution >= 0.6 is 0 Å². The van der Waals surface area contributed by atoms with E-state index in [2.05, 4.69) is 20.3 Å². The first kappa shape index (κ1) is 25.0. The van der Waals surface area contributed by atoms with Gasteiger partial charge in [0, 0.05) is 36.7 Å². The molecule has 0 aliphatic rings. The first-order chi connectivity index (χ1) is 18.4. The number of halogens is 2. The van der Waals surface area contributed by atoms with Crippen molar-refractivity contribution >= 4 is 22.6 Å². The van der Waals surface area contributed by atoms with Crippen LogP contribution in [0.3, 0.4) is 0 Å². The third-order valence-corrected chi connectivity index (χ3v) is 5.85. The lowest BCUT2D eigenvalue weighted by Gasteiger charge is -2.13. The van der Waals surface area contributed by atoms with Crippen molar-refractivity contribution in [2.45, 2.75) is 13.5 Å². The van der Waals surface area contributed by atoms with Crippen LogP contribution in [0, 0.1) is 17.6 Å². The van der Waals surface area contributed by atoms with Gasteiger partial charge in [-0.25, -0.2) is 18.7 Å². The molecular weight excluding hydrogens is 492 g/mol. The van der Waals surface area contributed by atoms with Crippen LogP contribution in [0.25, 0.3) is 22.3 Å². The van der Waals surface area contributed by atoms with E-state index in [1.165, 1.54) is 36.7 Å². The zero-order chi connectivity index (χ0) is 26.6. The van der Waals surface area contributed by atoms with E-state index >= 15 is 0 Å². The standard InChI is InChI=1S/C28H23F2N5O3/c1-17(15-36)14-35-12-11-23-26(35)28(32-16-31-23)38-25-10-9-20(13-21(25)30)33-27(37)24-4-2-3-22(34-24)18-5-7-19(29)8-6-18/h2-13,16-17,36H,14-15H2,1H3,(H,33,37)/t17-/m1/s1. The third kappa shape index (κ3) is 5.35. The van der Waals surface area contributed by atoms with Crippen LogP contribution in [-0.2, 0) is 6.54 Å². The Kier molecular flexibility index (Phi) is 7.05. The molecule has 1 amide bonds. The highest BCUT2D eigenvalue weighted by atomic mass is 19.1. The van der Waals surface area contributed by atoms with E-state index in [0.29, 0.717) is 28.8 Å². The Morgan fingerprint density at radius 3 is 2.66 bits per heavy atom. The molecule has 0 aliphatic heterocycles. The summed E-state index contributed by atoms with van der Waals surface area (Å²) in [6.07, 6.45) is 3.14. The molecule has 3 aromatic heterocycles. The molecule has 0 saturated heterocycles. The summed E-state index contributed by atoms with van der Waals surface area (Å²) < 4.78 is 35.9. The maximum Gasteiger partial charge on any atom is 0.274 e. The van der Waals surface area contributed by atoms with Gasteiger partial charge in [-0.3, -0.25) is 4.79 Å². The molecule has 3 heterocycles. The lowest BCUT2D eigenvalue weighted by Crippen LogP contribution is -2.14. The molecule has 2 aromatic carbocycles. The SMILES string of the molecule is C[C@@H](CO)Cn1ccc2ncnc(Oc3ccc(NC(=O)c4cccc(-c5ccc(F)cc5)n4)cc3F)c21. The number of anilines is 1. The van der Waals surface area contributed by atoms with Gasteiger partial charge in [0.2, 0.25) is 5.88 Å². The van der Waals surface area contributed by atoms with Gasteiger partial charge in [-0.05, 0) is 60.5 Å². The number of hydrogen-bond acceptors (Lipinski definition) is 6. The lowest BCUT2D eigenvalue weighted by molar-refractivity contribution is 0.102. The highest BCUT2D eigenvalue weighted by molar-refractivity contribution is 6.03. The van der Waals surface area contributed by atoms with Gasteiger partial charge in [0.15, 0.2) is 11.6 Å². The summed E-state index contributed by atoms with van der Waals surface area (Å²) in [7, 11) is 0. The van der Waals surface area contributed by atoms with Crippen molar-refractivity contribution in [2.24, 2.45) is 5.92 Å². The Bertz CT molecular complexity index is 1600. The Morgan fingerprint density at radius 2 is 1.89 bits per heavy atom. The van der Waals surface area contributed by atoms with Crippen LogP contribution in [0.15, 0.2) is 79.3 Å². The molecule has 5 rings (SSSR count). The number of ether oxygens (including phenoxy) is 1. The second-order valence-corrected chi connectivity index (χ2v) is 8.78. The molecule has 192 valence electrons. The maximum absolute atomic E-state index is 15.0. The topological polar surface area (TPSA) is 102 Å². The van der Waals surface area contributed by atoms with Gasteiger partial charge in [0.05, 0.1) is 11.2 Å². The Balaban J connectivity index is 1.33. The van der Waals surface area contributed by atoms with Gasteiger partial charge in [-0.2, -0.15) is 4.98 Å². The summed E-state index contributed by atoms with van der Waals surface area (Å²) >= 11 is 0. The Morgan fingerprint density at radius 1 is 1.08 bits per heavy atom. The number of carbonyl (C=O) groups is 1. The fourth-order valence-electron chi connectivity index (χ4n) is 3.93. The molecule has 0 unspecified atom stereocenters. The van der Waals surface area contributed by atoms with Gasteiger partial charge in [-0.1, -0.05) is 13.0 Å². The molecule has 0 saturated carbocycles. The normalized spacial score (nSPS) is 11.9. The largest absolute Gasteiger partial charge is 0.434 e. The van der Waals surface area contributed by atoms with Gasteiger partial charge in [-0.15, -0.1) is 0 Å². The van der Waals surface area contributed by atoms with E-state index in [0.717, 1.165) is 6.07 Å². The molecule has 0 bridgehead atoms. The number of rotatable bonds is 8. The van der Waals surface area contributed by atoms with Crippen LogP contribution in [0.5, 0.6) is 11.6 Å². The number of carbonyl (C=O) groups excluding carboxylic acids is 1. The summed E-state index contributed by atoms with van der Waals surface area (Å²) in [6, 6.07) is 16.5. The maximum atomic E-state index is 15.0. The van der Waals surface area contributed by atoms with Crippen molar-refractivity contribution in [3.05, 3.63) is 96.6 Å². The van der Waals surface area contributed by atoms with E-state index in [4.69, 9.17) is 4.74 Å². The van der Waals surface area contributed by atoms with E-state index in [9.17, 15) is 18.7 Å². The number of fused-ring (bicyclic) bond motifs is 1.